The first-order chi connectivity index (χ1) is 19.0. The number of rotatable bonds is 6. The summed E-state index contributed by atoms with van der Waals surface area (Å²) in [6.07, 6.45) is 10.1. The first-order valence-corrected chi connectivity index (χ1v) is 14.6. The second-order valence-electron chi connectivity index (χ2n) is 11.5. The van der Waals surface area contributed by atoms with E-state index < -0.39 is 0 Å². The maximum Gasteiger partial charge on any atom is 0.333 e. The van der Waals surface area contributed by atoms with Crippen molar-refractivity contribution in [2.24, 2.45) is 0 Å². The second-order valence-corrected chi connectivity index (χ2v) is 11.5. The zero-order valence-corrected chi connectivity index (χ0v) is 23.3. The van der Waals surface area contributed by atoms with Gasteiger partial charge in [0.15, 0.2) is 0 Å². The van der Waals surface area contributed by atoms with Crippen molar-refractivity contribution in [1.29, 1.82) is 0 Å². The van der Waals surface area contributed by atoms with E-state index in [0.717, 1.165) is 48.3 Å². The lowest BCUT2D eigenvalue weighted by molar-refractivity contribution is 0.0686. The highest BCUT2D eigenvalue weighted by Crippen LogP contribution is 2.28. The van der Waals surface area contributed by atoms with Gasteiger partial charge in [0.2, 0.25) is 5.95 Å². The molecule has 0 radical (unpaired) electrons. The minimum atomic E-state index is -0.0298. The topological polar surface area (TPSA) is 80.5 Å². The Morgan fingerprint density at radius 3 is 2.46 bits per heavy atom. The Hall–Kier alpha value is -3.01. The van der Waals surface area contributed by atoms with Crippen molar-refractivity contribution in [3.05, 3.63) is 58.8 Å². The van der Waals surface area contributed by atoms with Gasteiger partial charge in [-0.15, -0.1) is 0 Å². The molecule has 3 fully saturated rings. The molecule has 9 nitrogen and oxygen atoms in total. The van der Waals surface area contributed by atoms with Crippen LogP contribution in [0.4, 0.5) is 5.95 Å². The van der Waals surface area contributed by atoms with Gasteiger partial charge in [-0.25, -0.2) is 14.8 Å². The molecule has 3 aliphatic rings. The smallest absolute Gasteiger partial charge is 0.333 e. The van der Waals surface area contributed by atoms with Gasteiger partial charge < -0.3 is 15.0 Å². The zero-order valence-electron chi connectivity index (χ0n) is 23.3. The average Bonchev–Trinajstić information content (AvgIpc) is 3.31. The maximum absolute atomic E-state index is 13.8. The molecule has 0 bridgehead atoms. The number of likely N-dealkylation sites (N-methyl/N-ethyl adjacent to an activating group) is 1. The van der Waals surface area contributed by atoms with E-state index in [9.17, 15) is 4.79 Å². The summed E-state index contributed by atoms with van der Waals surface area (Å²) >= 11 is 0. The van der Waals surface area contributed by atoms with Gasteiger partial charge in [-0.05, 0) is 76.3 Å². The van der Waals surface area contributed by atoms with Crippen LogP contribution < -0.4 is 11.0 Å². The van der Waals surface area contributed by atoms with Crippen LogP contribution >= 0.6 is 0 Å². The van der Waals surface area contributed by atoms with E-state index in [1.807, 2.05) is 29.0 Å². The summed E-state index contributed by atoms with van der Waals surface area (Å²) in [5.74, 6) is 0.637. The molecule has 3 aromatic rings. The van der Waals surface area contributed by atoms with Crippen LogP contribution in [0.15, 0.2) is 47.5 Å². The fourth-order valence-electron chi connectivity index (χ4n) is 6.41. The summed E-state index contributed by atoms with van der Waals surface area (Å²) in [5.41, 5.74) is 3.49. The van der Waals surface area contributed by atoms with Crippen molar-refractivity contribution in [1.82, 2.24) is 28.9 Å². The van der Waals surface area contributed by atoms with E-state index in [1.54, 1.807) is 10.8 Å². The molecule has 1 saturated carbocycles. The number of nitrogens with one attached hydrogen (secondary N) is 1. The zero-order chi connectivity index (χ0) is 26.8. The van der Waals surface area contributed by atoms with Crippen molar-refractivity contribution in [3.8, 4) is 17.1 Å². The van der Waals surface area contributed by atoms with E-state index in [4.69, 9.17) is 9.72 Å². The molecular formula is C30H41N7O2. The number of aromatic nitrogens is 4. The number of nitrogens with zero attached hydrogens (tertiary/aromatic N) is 6. The Bertz CT molecular complexity index is 1310. The number of anilines is 1. The summed E-state index contributed by atoms with van der Waals surface area (Å²) in [4.78, 5) is 28.4. The van der Waals surface area contributed by atoms with Crippen molar-refractivity contribution >= 4 is 5.95 Å². The van der Waals surface area contributed by atoms with Crippen molar-refractivity contribution < 1.29 is 4.74 Å². The number of aryl methyl sites for hydroxylation is 1. The second kappa shape index (κ2) is 11.6. The standard InChI is InChI=1S/C30H41N7O2/c1-22-4-3-5-26(20-22)37-28(21-36(30(37)38)25-11-18-39-19-12-25)27-10-13-31-29(33-27)32-23-6-8-24(9-7-23)35-16-14-34(2)15-17-35/h3-5,10,13,20-21,23-25H,6-9,11-12,14-19H2,1-2H3,(H,31,32,33). The molecule has 1 aliphatic carbocycles. The molecule has 2 saturated heterocycles. The number of imidazole rings is 1. The van der Waals surface area contributed by atoms with Gasteiger partial charge in [0.1, 0.15) is 0 Å². The average molecular weight is 532 g/mol. The molecule has 0 unspecified atom stereocenters. The van der Waals surface area contributed by atoms with Gasteiger partial charge in [0, 0.05) is 69.9 Å². The predicted octanol–water partition coefficient (Wildman–Crippen LogP) is 3.73. The molecule has 39 heavy (non-hydrogen) atoms. The normalized spacial score (nSPS) is 23.6. The summed E-state index contributed by atoms with van der Waals surface area (Å²) in [6.45, 7) is 8.11. The van der Waals surface area contributed by atoms with Crippen LogP contribution in [0.25, 0.3) is 17.1 Å². The van der Waals surface area contributed by atoms with Crippen molar-refractivity contribution in [3.63, 3.8) is 0 Å². The first-order valence-electron chi connectivity index (χ1n) is 14.6. The minimum absolute atomic E-state index is 0.0298. The molecule has 2 aliphatic heterocycles. The Labute approximate surface area is 230 Å². The van der Waals surface area contributed by atoms with Crippen LogP contribution in [0.3, 0.4) is 0 Å². The van der Waals surface area contributed by atoms with Crippen LogP contribution in [0, 0.1) is 6.92 Å². The quantitative estimate of drug-likeness (QED) is 0.519. The van der Waals surface area contributed by atoms with Crippen LogP contribution in [-0.2, 0) is 4.74 Å². The van der Waals surface area contributed by atoms with E-state index in [0.29, 0.717) is 31.2 Å². The number of hydrogen-bond donors (Lipinski definition) is 1. The highest BCUT2D eigenvalue weighted by atomic mass is 16.5. The summed E-state index contributed by atoms with van der Waals surface area (Å²) in [5, 5.41) is 3.61. The van der Waals surface area contributed by atoms with Gasteiger partial charge in [-0.3, -0.25) is 14.0 Å². The molecule has 0 amide bonds. The molecule has 1 aromatic carbocycles. The Morgan fingerprint density at radius 2 is 1.72 bits per heavy atom. The van der Waals surface area contributed by atoms with Gasteiger partial charge in [-0.1, -0.05) is 12.1 Å². The van der Waals surface area contributed by atoms with Crippen molar-refractivity contribution in [2.75, 3.05) is 51.8 Å². The van der Waals surface area contributed by atoms with Crippen LogP contribution in [-0.4, -0.2) is 87.4 Å². The monoisotopic (exact) mass is 531 g/mol. The SMILES string of the molecule is Cc1cccc(-n2c(-c3ccnc(NC4CCC(N5CCN(C)CC5)CC4)n3)cn(C3CCOCC3)c2=O)c1. The lowest BCUT2D eigenvalue weighted by atomic mass is 9.90. The summed E-state index contributed by atoms with van der Waals surface area (Å²) < 4.78 is 9.25. The fourth-order valence-corrected chi connectivity index (χ4v) is 6.41. The van der Waals surface area contributed by atoms with Crippen LogP contribution in [0.2, 0.25) is 0 Å². The summed E-state index contributed by atoms with van der Waals surface area (Å²) in [7, 11) is 2.21. The third kappa shape index (κ3) is 5.81. The number of ether oxygens (including phenoxy) is 1. The molecule has 1 N–H and O–H groups in total. The number of hydrogen-bond acceptors (Lipinski definition) is 7. The Balaban J connectivity index is 1.22. The van der Waals surface area contributed by atoms with E-state index in [2.05, 4.69) is 46.2 Å². The molecular weight excluding hydrogens is 490 g/mol. The lowest BCUT2D eigenvalue weighted by Gasteiger charge is -2.41. The largest absolute Gasteiger partial charge is 0.381 e. The third-order valence-corrected chi connectivity index (χ3v) is 8.76. The molecule has 2 aromatic heterocycles. The van der Waals surface area contributed by atoms with Crippen molar-refractivity contribution in [2.45, 2.75) is 63.6 Å². The highest BCUT2D eigenvalue weighted by Gasteiger charge is 2.28. The molecule has 9 heteroatoms. The lowest BCUT2D eigenvalue weighted by Crippen LogP contribution is -2.50. The third-order valence-electron chi connectivity index (χ3n) is 8.76. The van der Waals surface area contributed by atoms with E-state index >= 15 is 0 Å². The molecule has 0 atom stereocenters. The summed E-state index contributed by atoms with van der Waals surface area (Å²) in [6, 6.07) is 11.2. The van der Waals surface area contributed by atoms with Gasteiger partial charge >= 0.3 is 5.69 Å². The molecule has 4 heterocycles. The highest BCUT2D eigenvalue weighted by molar-refractivity contribution is 5.59. The van der Waals surface area contributed by atoms with E-state index in [-0.39, 0.29) is 11.7 Å². The Morgan fingerprint density at radius 1 is 0.949 bits per heavy atom. The molecule has 0 spiro atoms. The molecule has 208 valence electrons. The predicted molar refractivity (Wildman–Crippen MR) is 154 cm³/mol. The fraction of sp³-hybridized carbons (Fsp3) is 0.567. The van der Waals surface area contributed by atoms with Gasteiger partial charge in [0.05, 0.1) is 17.1 Å². The Kier molecular flexibility index (Phi) is 7.81. The minimum Gasteiger partial charge on any atom is -0.381 e. The van der Waals surface area contributed by atoms with Crippen LogP contribution in [0.5, 0.6) is 0 Å². The van der Waals surface area contributed by atoms with Gasteiger partial charge in [0.25, 0.3) is 0 Å². The number of piperazine rings is 1. The van der Waals surface area contributed by atoms with Gasteiger partial charge in [-0.2, -0.15) is 0 Å². The first kappa shape index (κ1) is 26.2. The number of benzene rings is 1. The van der Waals surface area contributed by atoms with E-state index in [1.165, 1.54) is 39.0 Å². The van der Waals surface area contributed by atoms with Crippen LogP contribution in [0.1, 0.15) is 50.1 Å². The maximum atomic E-state index is 13.8. The molecule has 6 rings (SSSR count).